The number of halogens is 1. The molecule has 2 N–H and O–H groups in total. The van der Waals surface area contributed by atoms with Crippen LogP contribution in [0.1, 0.15) is 5.56 Å². The predicted octanol–water partition coefficient (Wildman–Crippen LogP) is 3.63. The number of rotatable bonds is 4. The summed E-state index contributed by atoms with van der Waals surface area (Å²) in [7, 11) is -4.74. The summed E-state index contributed by atoms with van der Waals surface area (Å²) in [6, 6.07) is 11.3. The number of carbonyl (C=O) groups is 1. The summed E-state index contributed by atoms with van der Waals surface area (Å²) in [5.74, 6) is 0. The van der Waals surface area contributed by atoms with E-state index < -0.39 is 21.1 Å². The van der Waals surface area contributed by atoms with E-state index in [2.05, 4.69) is 17.2 Å². The van der Waals surface area contributed by atoms with Crippen molar-refractivity contribution in [1.82, 2.24) is 0 Å². The van der Waals surface area contributed by atoms with Crippen LogP contribution in [0, 0.1) is 0 Å². The number of hydrogen-bond acceptors (Lipinski definition) is 3. The molecule has 0 saturated heterocycles. The Balaban J connectivity index is 2.00. The van der Waals surface area contributed by atoms with Gasteiger partial charge in [-0.25, -0.2) is 4.79 Å². The van der Waals surface area contributed by atoms with E-state index in [0.29, 0.717) is 11.4 Å². The van der Waals surface area contributed by atoms with Crippen LogP contribution in [-0.2, 0) is 10.2 Å². The van der Waals surface area contributed by atoms with Gasteiger partial charge in [-0.2, -0.15) is 8.42 Å². The number of amides is 2. The second-order valence-electron chi connectivity index (χ2n) is 4.37. The molecule has 2 amide bonds. The van der Waals surface area contributed by atoms with E-state index in [1.807, 2.05) is 0 Å². The standard InChI is InChI=1S/C15H13FN2O3S/c1-2-11-3-5-12(6-4-11)17-15(19)18-13-7-9-14(10-8-13)22(16,20)21/h2-10H,1H2,(H2,17,18,19). The van der Waals surface area contributed by atoms with Crippen molar-refractivity contribution >= 4 is 33.7 Å². The first-order chi connectivity index (χ1) is 10.4. The fraction of sp³-hybridized carbons (Fsp3) is 0. The third-order valence-corrected chi connectivity index (χ3v) is 3.63. The summed E-state index contributed by atoms with van der Waals surface area (Å²) in [5, 5.41) is 5.12. The van der Waals surface area contributed by atoms with Gasteiger partial charge in [0.05, 0.1) is 4.90 Å². The molecule has 0 aliphatic rings. The minimum atomic E-state index is -4.74. The van der Waals surface area contributed by atoms with Gasteiger partial charge in [-0.05, 0) is 42.0 Å². The van der Waals surface area contributed by atoms with Crippen LogP contribution >= 0.6 is 0 Å². The Morgan fingerprint density at radius 2 is 1.41 bits per heavy atom. The maximum Gasteiger partial charge on any atom is 0.332 e. The van der Waals surface area contributed by atoms with Gasteiger partial charge in [-0.15, -0.1) is 3.89 Å². The van der Waals surface area contributed by atoms with Crippen molar-refractivity contribution < 1.29 is 17.1 Å². The van der Waals surface area contributed by atoms with Gasteiger partial charge >= 0.3 is 16.3 Å². The van der Waals surface area contributed by atoms with Crippen LogP contribution in [0.3, 0.4) is 0 Å². The van der Waals surface area contributed by atoms with E-state index >= 15 is 0 Å². The lowest BCUT2D eigenvalue weighted by Crippen LogP contribution is -2.19. The Morgan fingerprint density at radius 1 is 0.955 bits per heavy atom. The van der Waals surface area contributed by atoms with Gasteiger partial charge in [0.15, 0.2) is 0 Å². The Labute approximate surface area is 127 Å². The van der Waals surface area contributed by atoms with Crippen molar-refractivity contribution in [1.29, 1.82) is 0 Å². The van der Waals surface area contributed by atoms with E-state index in [-0.39, 0.29) is 0 Å². The topological polar surface area (TPSA) is 75.3 Å². The van der Waals surface area contributed by atoms with Gasteiger partial charge in [-0.3, -0.25) is 0 Å². The van der Waals surface area contributed by atoms with Gasteiger partial charge in [0.1, 0.15) is 0 Å². The molecule has 5 nitrogen and oxygen atoms in total. The first kappa shape index (κ1) is 15.7. The lowest BCUT2D eigenvalue weighted by Gasteiger charge is -2.08. The number of anilines is 2. The van der Waals surface area contributed by atoms with Crippen LogP contribution in [0.5, 0.6) is 0 Å². The van der Waals surface area contributed by atoms with Crippen LogP contribution < -0.4 is 10.6 Å². The molecule has 22 heavy (non-hydrogen) atoms. The molecule has 0 spiro atoms. The zero-order valence-corrected chi connectivity index (χ0v) is 12.2. The van der Waals surface area contributed by atoms with Crippen molar-refractivity contribution in [2.75, 3.05) is 10.6 Å². The smallest absolute Gasteiger partial charge is 0.308 e. The number of carbonyl (C=O) groups excluding carboxylic acids is 1. The van der Waals surface area contributed by atoms with Crippen LogP contribution in [0.2, 0.25) is 0 Å². The fourth-order valence-corrected chi connectivity index (χ4v) is 2.16. The average Bonchev–Trinajstić information content (AvgIpc) is 2.47. The molecule has 0 fully saturated rings. The second kappa shape index (κ2) is 6.40. The predicted molar refractivity (Wildman–Crippen MR) is 83.9 cm³/mol. The molecule has 7 heteroatoms. The molecule has 2 aromatic carbocycles. The van der Waals surface area contributed by atoms with E-state index in [1.54, 1.807) is 30.3 Å². The van der Waals surface area contributed by atoms with Gasteiger partial charge < -0.3 is 10.6 Å². The molecular formula is C15H13FN2O3S. The highest BCUT2D eigenvalue weighted by atomic mass is 32.3. The SMILES string of the molecule is C=Cc1ccc(NC(=O)Nc2ccc(S(=O)(=O)F)cc2)cc1. The first-order valence-corrected chi connectivity index (χ1v) is 7.62. The van der Waals surface area contributed by atoms with Crippen molar-refractivity contribution in [3.8, 4) is 0 Å². The van der Waals surface area contributed by atoms with E-state index in [9.17, 15) is 17.1 Å². The average molecular weight is 320 g/mol. The minimum absolute atomic E-state index is 0.340. The third kappa shape index (κ3) is 4.16. The number of benzene rings is 2. The summed E-state index contributed by atoms with van der Waals surface area (Å²) in [6.07, 6.45) is 1.68. The fourth-order valence-electron chi connectivity index (χ4n) is 1.70. The van der Waals surface area contributed by atoms with E-state index in [0.717, 1.165) is 17.7 Å². The first-order valence-electron chi connectivity index (χ1n) is 6.24. The molecule has 2 rings (SSSR count). The summed E-state index contributed by atoms with van der Waals surface area (Å²) < 4.78 is 34.1. The summed E-state index contributed by atoms with van der Waals surface area (Å²) in [4.78, 5) is 11.3. The molecule has 0 saturated carbocycles. The zero-order chi connectivity index (χ0) is 16.2. The third-order valence-electron chi connectivity index (χ3n) is 2.80. The normalized spacial score (nSPS) is 10.8. The highest BCUT2D eigenvalue weighted by molar-refractivity contribution is 7.86. The number of urea groups is 1. The molecule has 114 valence electrons. The van der Waals surface area contributed by atoms with Crippen LogP contribution in [0.4, 0.5) is 20.1 Å². The molecule has 0 heterocycles. The zero-order valence-electron chi connectivity index (χ0n) is 11.4. The van der Waals surface area contributed by atoms with E-state index in [4.69, 9.17) is 0 Å². The Kier molecular flexibility index (Phi) is 4.57. The maximum atomic E-state index is 12.7. The molecule has 0 aliphatic heterocycles. The lowest BCUT2D eigenvalue weighted by atomic mass is 10.2. The highest BCUT2D eigenvalue weighted by Gasteiger charge is 2.11. The molecule has 0 aliphatic carbocycles. The van der Waals surface area contributed by atoms with Crippen LogP contribution in [0.15, 0.2) is 60.0 Å². The van der Waals surface area contributed by atoms with Crippen molar-refractivity contribution in [2.45, 2.75) is 4.90 Å². The second-order valence-corrected chi connectivity index (χ2v) is 5.71. The van der Waals surface area contributed by atoms with Gasteiger partial charge in [0, 0.05) is 11.4 Å². The van der Waals surface area contributed by atoms with E-state index in [1.165, 1.54) is 12.1 Å². The molecule has 0 bridgehead atoms. The summed E-state index contributed by atoms with van der Waals surface area (Å²) in [6.45, 7) is 3.63. The Bertz CT molecular complexity index is 785. The molecule has 0 unspecified atom stereocenters. The maximum absolute atomic E-state index is 12.7. The molecule has 2 aromatic rings. The van der Waals surface area contributed by atoms with Gasteiger partial charge in [-0.1, -0.05) is 24.8 Å². The monoisotopic (exact) mass is 320 g/mol. The van der Waals surface area contributed by atoms with Crippen LogP contribution in [-0.4, -0.2) is 14.4 Å². The summed E-state index contributed by atoms with van der Waals surface area (Å²) in [5.41, 5.74) is 1.85. The summed E-state index contributed by atoms with van der Waals surface area (Å²) >= 11 is 0. The molecular weight excluding hydrogens is 307 g/mol. The Morgan fingerprint density at radius 3 is 1.82 bits per heavy atom. The molecule has 0 atom stereocenters. The lowest BCUT2D eigenvalue weighted by molar-refractivity contribution is 0.262. The van der Waals surface area contributed by atoms with Gasteiger partial charge in [0.2, 0.25) is 0 Å². The number of hydrogen-bond donors (Lipinski definition) is 2. The van der Waals surface area contributed by atoms with Crippen molar-refractivity contribution in [2.24, 2.45) is 0 Å². The molecule has 0 aromatic heterocycles. The quantitative estimate of drug-likeness (QED) is 0.845. The number of nitrogens with one attached hydrogen (secondary N) is 2. The van der Waals surface area contributed by atoms with Crippen LogP contribution in [0.25, 0.3) is 6.08 Å². The van der Waals surface area contributed by atoms with Crippen molar-refractivity contribution in [3.63, 3.8) is 0 Å². The highest BCUT2D eigenvalue weighted by Crippen LogP contribution is 2.16. The van der Waals surface area contributed by atoms with Crippen molar-refractivity contribution in [3.05, 3.63) is 60.7 Å². The van der Waals surface area contributed by atoms with Gasteiger partial charge in [0.25, 0.3) is 0 Å². The molecule has 0 radical (unpaired) electrons. The largest absolute Gasteiger partial charge is 0.332 e. The minimum Gasteiger partial charge on any atom is -0.308 e. The Hall–Kier alpha value is -2.67.